The largest absolute Gasteiger partial charge is 0.494 e. The predicted molar refractivity (Wildman–Crippen MR) is 122 cm³/mol. The third-order valence-electron chi connectivity index (χ3n) is 4.76. The van der Waals surface area contributed by atoms with Crippen LogP contribution in [-0.4, -0.2) is 11.6 Å². The van der Waals surface area contributed by atoms with Gasteiger partial charge in [0.25, 0.3) is 0 Å². The summed E-state index contributed by atoms with van der Waals surface area (Å²) in [5, 5.41) is 0.718. The van der Waals surface area contributed by atoms with Gasteiger partial charge in [0, 0.05) is 16.2 Å². The van der Waals surface area contributed by atoms with E-state index in [2.05, 4.69) is 23.2 Å². The normalized spacial score (nSPS) is 11.8. The van der Waals surface area contributed by atoms with Crippen molar-refractivity contribution in [2.24, 2.45) is 0 Å². The van der Waals surface area contributed by atoms with Gasteiger partial charge in [0.1, 0.15) is 10.8 Å². The minimum Gasteiger partial charge on any atom is -0.494 e. The molecule has 0 atom stereocenters. The third kappa shape index (κ3) is 5.05. The molecule has 2 nitrogen and oxygen atoms in total. The quantitative estimate of drug-likeness (QED) is 0.273. The van der Waals surface area contributed by atoms with Gasteiger partial charge in [-0.3, -0.25) is 0 Å². The van der Waals surface area contributed by atoms with Crippen molar-refractivity contribution in [2.45, 2.75) is 30.7 Å². The lowest BCUT2D eigenvalue weighted by Gasteiger charge is -2.09. The number of hydrogen-bond acceptors (Lipinski definition) is 4. The van der Waals surface area contributed by atoms with Gasteiger partial charge in [0.05, 0.1) is 22.4 Å². The number of thioether (sulfide) groups is 1. The fraction of sp³-hybridized carbons (Fsp3) is 0.208. The first-order valence-electron chi connectivity index (χ1n) is 9.77. The van der Waals surface area contributed by atoms with Gasteiger partial charge in [-0.15, -0.1) is 23.1 Å². The standard InChI is InChI=1S/C24H20F3NOS2/c1-3-29-21-11-9-19(12-15(21)2)30-14-16-4-10-20-22(13-16)31-23(28-20)17-5-7-18(8-6-17)24(25,26)27/h4-13H,3,14H2,1-2H3. The van der Waals surface area contributed by atoms with Crippen molar-refractivity contribution in [3.63, 3.8) is 0 Å². The van der Waals surface area contributed by atoms with Crippen LogP contribution in [0.25, 0.3) is 20.8 Å². The number of hydrogen-bond donors (Lipinski definition) is 0. The van der Waals surface area contributed by atoms with Gasteiger partial charge >= 0.3 is 6.18 Å². The van der Waals surface area contributed by atoms with Gasteiger partial charge in [0.2, 0.25) is 0 Å². The van der Waals surface area contributed by atoms with Crippen LogP contribution in [0.3, 0.4) is 0 Å². The van der Waals surface area contributed by atoms with Gasteiger partial charge < -0.3 is 4.74 Å². The second-order valence-corrected chi connectivity index (χ2v) is 9.12. The van der Waals surface area contributed by atoms with E-state index >= 15 is 0 Å². The molecule has 7 heteroatoms. The van der Waals surface area contributed by atoms with Crippen molar-refractivity contribution >= 4 is 33.3 Å². The smallest absolute Gasteiger partial charge is 0.416 e. The fourth-order valence-corrected chi connectivity index (χ4v) is 5.15. The maximum Gasteiger partial charge on any atom is 0.416 e. The van der Waals surface area contributed by atoms with Crippen molar-refractivity contribution in [1.29, 1.82) is 0 Å². The Balaban J connectivity index is 1.49. The van der Waals surface area contributed by atoms with Crippen LogP contribution in [0.2, 0.25) is 0 Å². The van der Waals surface area contributed by atoms with E-state index < -0.39 is 11.7 Å². The second-order valence-electron chi connectivity index (χ2n) is 7.05. The molecule has 0 bridgehead atoms. The zero-order chi connectivity index (χ0) is 22.0. The Labute approximate surface area is 187 Å². The van der Waals surface area contributed by atoms with Crippen LogP contribution in [0.5, 0.6) is 5.75 Å². The number of aryl methyl sites for hydroxylation is 1. The molecular formula is C24H20F3NOS2. The average molecular weight is 460 g/mol. The van der Waals surface area contributed by atoms with Crippen molar-refractivity contribution in [1.82, 2.24) is 4.98 Å². The molecule has 0 aliphatic heterocycles. The van der Waals surface area contributed by atoms with Crippen molar-refractivity contribution in [3.8, 4) is 16.3 Å². The van der Waals surface area contributed by atoms with E-state index in [-0.39, 0.29) is 0 Å². The van der Waals surface area contributed by atoms with Crippen molar-refractivity contribution in [2.75, 3.05) is 6.61 Å². The predicted octanol–water partition coefficient (Wildman–Crippen LogP) is 7.98. The van der Waals surface area contributed by atoms with Crippen LogP contribution in [0, 0.1) is 6.92 Å². The summed E-state index contributed by atoms with van der Waals surface area (Å²) in [6, 6.07) is 17.5. The highest BCUT2D eigenvalue weighted by molar-refractivity contribution is 7.98. The molecule has 0 aliphatic carbocycles. The summed E-state index contributed by atoms with van der Waals surface area (Å²) in [6.45, 7) is 4.67. The lowest BCUT2D eigenvalue weighted by Crippen LogP contribution is -2.03. The monoisotopic (exact) mass is 459 g/mol. The number of thiazole rings is 1. The second kappa shape index (κ2) is 8.93. The molecule has 3 aromatic carbocycles. The van der Waals surface area contributed by atoms with E-state index in [1.165, 1.54) is 33.9 Å². The first kappa shape index (κ1) is 21.7. The van der Waals surface area contributed by atoms with E-state index in [4.69, 9.17) is 4.74 Å². The Bertz CT molecular complexity index is 1200. The van der Waals surface area contributed by atoms with Crippen molar-refractivity contribution < 1.29 is 17.9 Å². The summed E-state index contributed by atoms with van der Waals surface area (Å²) in [7, 11) is 0. The Morgan fingerprint density at radius 2 is 1.77 bits per heavy atom. The zero-order valence-electron chi connectivity index (χ0n) is 17.0. The molecular weight excluding hydrogens is 439 g/mol. The molecule has 1 aromatic heterocycles. The molecule has 160 valence electrons. The van der Waals surface area contributed by atoms with Crippen molar-refractivity contribution in [3.05, 3.63) is 77.4 Å². The van der Waals surface area contributed by atoms with E-state index in [0.29, 0.717) is 12.2 Å². The minimum atomic E-state index is -4.33. The van der Waals surface area contributed by atoms with E-state index in [1.54, 1.807) is 11.8 Å². The SMILES string of the molecule is CCOc1ccc(SCc2ccc3nc(-c4ccc(C(F)(F)F)cc4)sc3c2)cc1C. The number of alkyl halides is 3. The van der Waals surface area contributed by atoms with Gasteiger partial charge in [-0.1, -0.05) is 18.2 Å². The van der Waals surface area contributed by atoms with E-state index in [1.807, 2.05) is 32.0 Å². The molecule has 0 amide bonds. The average Bonchev–Trinajstić information content (AvgIpc) is 3.17. The molecule has 4 rings (SSSR count). The molecule has 0 spiro atoms. The molecule has 31 heavy (non-hydrogen) atoms. The molecule has 0 saturated carbocycles. The Hall–Kier alpha value is -2.51. The summed E-state index contributed by atoms with van der Waals surface area (Å²) in [5.41, 5.74) is 3.18. The Kier molecular flexibility index (Phi) is 6.25. The summed E-state index contributed by atoms with van der Waals surface area (Å²) in [5.74, 6) is 1.73. The zero-order valence-corrected chi connectivity index (χ0v) is 18.6. The van der Waals surface area contributed by atoms with Gasteiger partial charge in [-0.2, -0.15) is 13.2 Å². The summed E-state index contributed by atoms with van der Waals surface area (Å²) >= 11 is 3.24. The third-order valence-corrected chi connectivity index (χ3v) is 6.90. The highest BCUT2D eigenvalue weighted by atomic mass is 32.2. The molecule has 0 N–H and O–H groups in total. The fourth-order valence-electron chi connectivity index (χ4n) is 3.18. The highest BCUT2D eigenvalue weighted by Gasteiger charge is 2.30. The molecule has 0 aliphatic rings. The number of benzene rings is 3. The van der Waals surface area contributed by atoms with Crippen LogP contribution in [0.1, 0.15) is 23.6 Å². The number of nitrogens with zero attached hydrogens (tertiary/aromatic N) is 1. The Morgan fingerprint density at radius 3 is 2.45 bits per heavy atom. The molecule has 4 aromatic rings. The number of rotatable bonds is 6. The van der Waals surface area contributed by atoms with Crippen LogP contribution >= 0.6 is 23.1 Å². The number of aromatic nitrogens is 1. The lowest BCUT2D eigenvalue weighted by atomic mass is 10.1. The van der Waals surface area contributed by atoms with Crippen LogP contribution in [0.4, 0.5) is 13.2 Å². The van der Waals surface area contributed by atoms with Crippen LogP contribution in [-0.2, 0) is 11.9 Å². The molecule has 1 heterocycles. The van der Waals surface area contributed by atoms with Crippen LogP contribution < -0.4 is 4.74 Å². The van der Waals surface area contributed by atoms with Gasteiger partial charge in [-0.25, -0.2) is 4.98 Å². The lowest BCUT2D eigenvalue weighted by molar-refractivity contribution is -0.137. The molecule has 0 saturated heterocycles. The number of halogens is 3. The van der Waals surface area contributed by atoms with Crippen LogP contribution in [0.15, 0.2) is 65.6 Å². The molecule has 0 radical (unpaired) electrons. The first-order chi connectivity index (χ1) is 14.8. The number of fused-ring (bicyclic) bond motifs is 1. The topological polar surface area (TPSA) is 22.1 Å². The summed E-state index contributed by atoms with van der Waals surface area (Å²) in [6.07, 6.45) is -4.33. The van der Waals surface area contributed by atoms with E-state index in [9.17, 15) is 13.2 Å². The minimum absolute atomic E-state index is 0.649. The highest BCUT2D eigenvalue weighted by Crippen LogP contribution is 2.35. The first-order valence-corrected chi connectivity index (χ1v) is 11.6. The maximum absolute atomic E-state index is 12.8. The Morgan fingerprint density at radius 1 is 1.00 bits per heavy atom. The number of ether oxygens (including phenoxy) is 1. The molecule has 0 unspecified atom stereocenters. The molecule has 0 fully saturated rings. The maximum atomic E-state index is 12.8. The van der Waals surface area contributed by atoms with Gasteiger partial charge in [-0.05, 0) is 67.4 Å². The summed E-state index contributed by atoms with van der Waals surface area (Å²) in [4.78, 5) is 5.77. The summed E-state index contributed by atoms with van der Waals surface area (Å²) < 4.78 is 45.0. The van der Waals surface area contributed by atoms with Gasteiger partial charge in [0.15, 0.2) is 0 Å². The van der Waals surface area contributed by atoms with E-state index in [0.717, 1.165) is 44.4 Å².